The molecule has 128 valence electrons. The van der Waals surface area contributed by atoms with Gasteiger partial charge >= 0.3 is 0 Å². The number of nitrogens with zero attached hydrogens (tertiary/aromatic N) is 2. The number of aromatic nitrogens is 2. The van der Waals surface area contributed by atoms with Crippen LogP contribution in [0.4, 0.5) is 5.13 Å². The topological polar surface area (TPSA) is 64.1 Å². The van der Waals surface area contributed by atoms with Gasteiger partial charge in [-0.15, -0.1) is 16.8 Å². The molecule has 0 saturated heterocycles. The number of anilines is 1. The lowest BCUT2D eigenvalue weighted by Gasteiger charge is -2.17. The van der Waals surface area contributed by atoms with Gasteiger partial charge in [0, 0.05) is 5.75 Å². The van der Waals surface area contributed by atoms with E-state index in [9.17, 15) is 4.79 Å². The molecule has 0 bridgehead atoms. The molecule has 1 amide bonds. The predicted molar refractivity (Wildman–Crippen MR) is 100 cm³/mol. The second kappa shape index (κ2) is 8.30. The van der Waals surface area contributed by atoms with E-state index in [1.165, 1.54) is 23.1 Å². The quantitative estimate of drug-likeness (QED) is 0.455. The van der Waals surface area contributed by atoms with Crippen molar-refractivity contribution in [2.75, 3.05) is 11.1 Å². The van der Waals surface area contributed by atoms with Gasteiger partial charge in [-0.2, -0.15) is 0 Å². The van der Waals surface area contributed by atoms with E-state index in [1.54, 1.807) is 13.0 Å². The maximum Gasteiger partial charge on any atom is 0.266 e. The lowest BCUT2D eigenvalue weighted by Crippen LogP contribution is -2.30. The Bertz CT molecular complexity index is 743. The van der Waals surface area contributed by atoms with Gasteiger partial charge in [-0.3, -0.25) is 10.1 Å². The van der Waals surface area contributed by atoms with Gasteiger partial charge in [0.1, 0.15) is 5.75 Å². The summed E-state index contributed by atoms with van der Waals surface area (Å²) in [5.74, 6) is 1.24. The molecule has 0 saturated carbocycles. The van der Waals surface area contributed by atoms with Crippen LogP contribution in [0.3, 0.4) is 0 Å². The largest absolute Gasteiger partial charge is 0.481 e. The van der Waals surface area contributed by atoms with Crippen LogP contribution in [0.15, 0.2) is 29.1 Å². The lowest BCUT2D eigenvalue weighted by atomic mass is 10.1. The number of hydrogen-bond donors (Lipinski definition) is 1. The normalized spacial score (nSPS) is 11.8. The number of thioether (sulfide) groups is 1. The standard InChI is InChI=1S/C17H21N3O2S2/c1-6-7-23-17-20-19-16(24-17)18-15(21)13(5)22-14-9-10(2)8-11(3)12(14)4/h6,8-9,13H,1,7H2,2-5H3,(H,18,19,21)/t13-/m0/s1. The van der Waals surface area contributed by atoms with E-state index in [-0.39, 0.29) is 5.91 Å². The van der Waals surface area contributed by atoms with Crippen LogP contribution in [0, 0.1) is 20.8 Å². The number of ether oxygens (including phenoxy) is 1. The summed E-state index contributed by atoms with van der Waals surface area (Å²) in [6, 6.07) is 4.04. The molecule has 0 aliphatic rings. The number of nitrogens with one attached hydrogen (secondary N) is 1. The zero-order valence-electron chi connectivity index (χ0n) is 14.3. The second-order valence-electron chi connectivity index (χ2n) is 5.43. The lowest BCUT2D eigenvalue weighted by molar-refractivity contribution is -0.122. The number of aryl methyl sites for hydroxylation is 2. The summed E-state index contributed by atoms with van der Waals surface area (Å²) < 4.78 is 6.63. The predicted octanol–water partition coefficient (Wildman–Crippen LogP) is 4.15. The smallest absolute Gasteiger partial charge is 0.266 e. The third-order valence-corrected chi connectivity index (χ3v) is 5.37. The molecule has 7 heteroatoms. The van der Waals surface area contributed by atoms with Gasteiger partial charge in [0.25, 0.3) is 5.91 Å². The molecule has 0 fully saturated rings. The first-order valence-corrected chi connectivity index (χ1v) is 9.33. The van der Waals surface area contributed by atoms with E-state index in [4.69, 9.17) is 4.74 Å². The fourth-order valence-electron chi connectivity index (χ4n) is 2.02. The Morgan fingerprint density at radius 2 is 2.17 bits per heavy atom. The molecule has 24 heavy (non-hydrogen) atoms. The van der Waals surface area contributed by atoms with Crippen molar-refractivity contribution in [3.63, 3.8) is 0 Å². The third-order valence-electron chi connectivity index (χ3n) is 3.40. The number of benzene rings is 1. The molecule has 2 rings (SSSR count). The van der Waals surface area contributed by atoms with E-state index < -0.39 is 6.10 Å². The zero-order chi connectivity index (χ0) is 17.7. The molecule has 2 aromatic rings. The Morgan fingerprint density at radius 1 is 1.42 bits per heavy atom. The average molecular weight is 364 g/mol. The fraction of sp³-hybridized carbons (Fsp3) is 0.353. The zero-order valence-corrected chi connectivity index (χ0v) is 15.9. The molecule has 1 atom stereocenters. The summed E-state index contributed by atoms with van der Waals surface area (Å²) in [7, 11) is 0. The van der Waals surface area contributed by atoms with Crippen molar-refractivity contribution in [3.05, 3.63) is 41.5 Å². The van der Waals surface area contributed by atoms with E-state index >= 15 is 0 Å². The van der Waals surface area contributed by atoms with Gasteiger partial charge in [-0.25, -0.2) is 0 Å². The second-order valence-corrected chi connectivity index (χ2v) is 7.67. The number of carbonyl (C=O) groups is 1. The molecule has 1 N–H and O–H groups in total. The van der Waals surface area contributed by atoms with Gasteiger partial charge < -0.3 is 4.74 Å². The Balaban J connectivity index is 2.00. The highest BCUT2D eigenvalue weighted by molar-refractivity contribution is 8.01. The van der Waals surface area contributed by atoms with Crippen LogP contribution in [0.2, 0.25) is 0 Å². The van der Waals surface area contributed by atoms with E-state index in [0.29, 0.717) is 5.13 Å². The van der Waals surface area contributed by atoms with Crippen molar-refractivity contribution < 1.29 is 9.53 Å². The summed E-state index contributed by atoms with van der Waals surface area (Å²) in [6.45, 7) is 11.4. The van der Waals surface area contributed by atoms with Gasteiger partial charge in [-0.1, -0.05) is 35.2 Å². The van der Waals surface area contributed by atoms with Crippen molar-refractivity contribution in [1.29, 1.82) is 0 Å². The van der Waals surface area contributed by atoms with E-state index in [0.717, 1.165) is 32.5 Å². The average Bonchev–Trinajstić information content (AvgIpc) is 2.97. The van der Waals surface area contributed by atoms with Crippen molar-refractivity contribution in [1.82, 2.24) is 10.2 Å². The molecule has 5 nitrogen and oxygen atoms in total. The van der Waals surface area contributed by atoms with Gasteiger partial charge in [0.05, 0.1) is 0 Å². The molecule has 0 aliphatic carbocycles. The maximum atomic E-state index is 12.3. The molecule has 0 aliphatic heterocycles. The number of carbonyl (C=O) groups excluding carboxylic acids is 1. The summed E-state index contributed by atoms with van der Waals surface area (Å²) in [5, 5.41) is 11.2. The minimum absolute atomic E-state index is 0.245. The Hall–Kier alpha value is -1.86. The summed E-state index contributed by atoms with van der Waals surface area (Å²) in [6.07, 6.45) is 1.17. The summed E-state index contributed by atoms with van der Waals surface area (Å²) >= 11 is 2.87. The number of rotatable bonds is 7. The van der Waals surface area contributed by atoms with Gasteiger partial charge in [0.15, 0.2) is 10.4 Å². The van der Waals surface area contributed by atoms with Gasteiger partial charge in [-0.05, 0) is 50.5 Å². The number of hydrogen-bond acceptors (Lipinski definition) is 6. The fourth-order valence-corrected chi connectivity index (χ4v) is 3.54. The van der Waals surface area contributed by atoms with Crippen molar-refractivity contribution >= 4 is 34.1 Å². The molecule has 1 aromatic carbocycles. The maximum absolute atomic E-state index is 12.3. The first-order chi connectivity index (χ1) is 11.4. The van der Waals surface area contributed by atoms with Crippen molar-refractivity contribution in [2.45, 2.75) is 38.1 Å². The van der Waals surface area contributed by atoms with E-state index in [2.05, 4.69) is 28.2 Å². The van der Waals surface area contributed by atoms with Gasteiger partial charge in [0.2, 0.25) is 5.13 Å². The molecule has 1 aromatic heterocycles. The van der Waals surface area contributed by atoms with Crippen LogP contribution in [-0.2, 0) is 4.79 Å². The molecular weight excluding hydrogens is 342 g/mol. The molecular formula is C17H21N3O2S2. The minimum atomic E-state index is -0.627. The highest BCUT2D eigenvalue weighted by Gasteiger charge is 2.18. The van der Waals surface area contributed by atoms with Crippen LogP contribution >= 0.6 is 23.1 Å². The summed E-state index contributed by atoms with van der Waals surface area (Å²) in [4.78, 5) is 12.3. The van der Waals surface area contributed by atoms with E-state index in [1.807, 2.05) is 26.8 Å². The van der Waals surface area contributed by atoms with Crippen LogP contribution in [0.5, 0.6) is 5.75 Å². The SMILES string of the molecule is C=CCSc1nnc(NC(=O)[C@H](C)Oc2cc(C)cc(C)c2C)s1. The van der Waals surface area contributed by atoms with Crippen LogP contribution in [-0.4, -0.2) is 28.0 Å². The van der Waals surface area contributed by atoms with Crippen LogP contribution in [0.25, 0.3) is 0 Å². The first kappa shape index (κ1) is 18.5. The Kier molecular flexibility index (Phi) is 6.39. The van der Waals surface area contributed by atoms with Crippen LogP contribution in [0.1, 0.15) is 23.6 Å². The van der Waals surface area contributed by atoms with Crippen molar-refractivity contribution in [3.8, 4) is 5.75 Å². The molecule has 0 radical (unpaired) electrons. The highest BCUT2D eigenvalue weighted by Crippen LogP contribution is 2.27. The monoisotopic (exact) mass is 363 g/mol. The third kappa shape index (κ3) is 4.82. The highest BCUT2D eigenvalue weighted by atomic mass is 32.2. The minimum Gasteiger partial charge on any atom is -0.481 e. The summed E-state index contributed by atoms with van der Waals surface area (Å²) in [5.41, 5.74) is 3.29. The Morgan fingerprint density at radius 3 is 2.88 bits per heavy atom. The first-order valence-electron chi connectivity index (χ1n) is 7.53. The number of amides is 1. The molecule has 0 unspecified atom stereocenters. The molecule has 1 heterocycles. The molecule has 0 spiro atoms. The Labute approximate surface area is 150 Å². The van der Waals surface area contributed by atoms with Crippen molar-refractivity contribution in [2.24, 2.45) is 0 Å². The van der Waals surface area contributed by atoms with Crippen LogP contribution < -0.4 is 10.1 Å².